The van der Waals surface area contributed by atoms with Crippen LogP contribution in [0.3, 0.4) is 0 Å². The maximum atomic E-state index is 3.18. The summed E-state index contributed by atoms with van der Waals surface area (Å²) in [7, 11) is 1.99. The van der Waals surface area contributed by atoms with Crippen LogP contribution in [0.4, 0.5) is 0 Å². The highest BCUT2D eigenvalue weighted by Crippen LogP contribution is 2.20. The average Bonchev–Trinajstić information content (AvgIpc) is 2.37. The molecule has 0 unspecified atom stereocenters. The molecule has 2 aromatic rings. The summed E-state index contributed by atoms with van der Waals surface area (Å²) in [4.78, 5) is 0. The van der Waals surface area contributed by atoms with E-state index in [0.717, 1.165) is 13.0 Å². The molecule has 0 bridgehead atoms. The predicted molar refractivity (Wildman–Crippen MR) is 81.5 cm³/mol. The van der Waals surface area contributed by atoms with Gasteiger partial charge in [0.05, 0.1) is 0 Å². The topological polar surface area (TPSA) is 12.0 Å². The second-order valence-corrected chi connectivity index (χ2v) is 4.42. The molecule has 0 amide bonds. The Morgan fingerprint density at radius 3 is 2.33 bits per heavy atom. The van der Waals surface area contributed by atoms with E-state index in [1.165, 1.54) is 22.3 Å². The Morgan fingerprint density at radius 1 is 0.944 bits per heavy atom. The quantitative estimate of drug-likeness (QED) is 0.882. The van der Waals surface area contributed by atoms with Crippen molar-refractivity contribution in [1.29, 1.82) is 0 Å². The first kappa shape index (κ1) is 14.7. The molecule has 0 heterocycles. The second kappa shape index (κ2) is 7.20. The highest BCUT2D eigenvalue weighted by Gasteiger charge is 1.99. The molecule has 0 aliphatic heterocycles. The van der Waals surface area contributed by atoms with Gasteiger partial charge in [-0.05, 0) is 43.6 Å². The van der Waals surface area contributed by atoms with Crippen LogP contribution >= 0.6 is 12.4 Å². The Hall–Kier alpha value is -1.31. The lowest BCUT2D eigenvalue weighted by Gasteiger charge is -2.06. The van der Waals surface area contributed by atoms with Crippen molar-refractivity contribution in [3.8, 4) is 11.1 Å². The van der Waals surface area contributed by atoms with Gasteiger partial charge in [-0.1, -0.05) is 54.1 Å². The molecular weight excluding hydrogens is 242 g/mol. The van der Waals surface area contributed by atoms with Crippen molar-refractivity contribution in [2.45, 2.75) is 13.3 Å². The van der Waals surface area contributed by atoms with Gasteiger partial charge in [0.2, 0.25) is 0 Å². The van der Waals surface area contributed by atoms with Gasteiger partial charge in [-0.25, -0.2) is 0 Å². The van der Waals surface area contributed by atoms with Crippen LogP contribution in [-0.2, 0) is 6.42 Å². The van der Waals surface area contributed by atoms with Crippen LogP contribution in [0.15, 0.2) is 48.5 Å². The Kier molecular flexibility index (Phi) is 5.90. The van der Waals surface area contributed by atoms with Crippen molar-refractivity contribution in [3.63, 3.8) is 0 Å². The van der Waals surface area contributed by atoms with E-state index in [4.69, 9.17) is 0 Å². The Bertz CT molecular complexity index is 477. The minimum Gasteiger partial charge on any atom is -0.319 e. The van der Waals surface area contributed by atoms with Crippen molar-refractivity contribution in [3.05, 3.63) is 59.7 Å². The highest BCUT2D eigenvalue weighted by atomic mass is 35.5. The predicted octanol–water partition coefficient (Wildman–Crippen LogP) is 3.85. The Balaban J connectivity index is 0.00000162. The van der Waals surface area contributed by atoms with Crippen LogP contribution in [0.25, 0.3) is 11.1 Å². The lowest BCUT2D eigenvalue weighted by Crippen LogP contribution is -2.10. The number of hydrogen-bond donors (Lipinski definition) is 1. The summed E-state index contributed by atoms with van der Waals surface area (Å²) in [5.41, 5.74) is 5.29. The van der Waals surface area contributed by atoms with Crippen LogP contribution in [0, 0.1) is 6.92 Å². The van der Waals surface area contributed by atoms with Gasteiger partial charge >= 0.3 is 0 Å². The summed E-state index contributed by atoms with van der Waals surface area (Å²) >= 11 is 0. The number of rotatable bonds is 4. The summed E-state index contributed by atoms with van der Waals surface area (Å²) in [6.07, 6.45) is 1.08. The molecular formula is C16H20ClN. The van der Waals surface area contributed by atoms with Crippen LogP contribution in [-0.4, -0.2) is 13.6 Å². The van der Waals surface area contributed by atoms with Gasteiger partial charge in [0.15, 0.2) is 0 Å². The van der Waals surface area contributed by atoms with E-state index in [1.54, 1.807) is 0 Å². The first-order valence-electron chi connectivity index (χ1n) is 6.10. The average molecular weight is 262 g/mol. The number of benzene rings is 2. The normalized spacial score (nSPS) is 9.89. The number of halogens is 1. The molecule has 0 aliphatic carbocycles. The lowest BCUT2D eigenvalue weighted by molar-refractivity contribution is 0.792. The van der Waals surface area contributed by atoms with E-state index in [-0.39, 0.29) is 12.4 Å². The van der Waals surface area contributed by atoms with E-state index < -0.39 is 0 Å². The molecule has 0 saturated heterocycles. The Labute approximate surface area is 116 Å². The van der Waals surface area contributed by atoms with Crippen LogP contribution in [0.2, 0.25) is 0 Å². The fourth-order valence-corrected chi connectivity index (χ4v) is 1.92. The standard InChI is InChI=1S/C16H19N.ClH/c1-13-6-8-15(9-7-13)16-5-3-4-14(12-16)10-11-17-2;/h3-9,12,17H,10-11H2,1-2H3;1H. The molecule has 96 valence electrons. The number of likely N-dealkylation sites (N-methyl/N-ethyl adjacent to an activating group) is 1. The molecule has 0 aliphatic rings. The third-order valence-corrected chi connectivity index (χ3v) is 2.98. The molecule has 1 nitrogen and oxygen atoms in total. The minimum atomic E-state index is 0. The van der Waals surface area contributed by atoms with Crippen molar-refractivity contribution >= 4 is 12.4 Å². The molecule has 0 radical (unpaired) electrons. The van der Waals surface area contributed by atoms with Crippen molar-refractivity contribution in [2.75, 3.05) is 13.6 Å². The van der Waals surface area contributed by atoms with Gasteiger partial charge in [0, 0.05) is 0 Å². The van der Waals surface area contributed by atoms with E-state index in [9.17, 15) is 0 Å². The van der Waals surface area contributed by atoms with Crippen molar-refractivity contribution in [1.82, 2.24) is 5.32 Å². The fourth-order valence-electron chi connectivity index (χ4n) is 1.92. The van der Waals surface area contributed by atoms with Crippen LogP contribution in [0.1, 0.15) is 11.1 Å². The monoisotopic (exact) mass is 261 g/mol. The van der Waals surface area contributed by atoms with Gasteiger partial charge in [-0.2, -0.15) is 0 Å². The molecule has 0 atom stereocenters. The molecule has 1 N–H and O–H groups in total. The molecule has 0 aromatic heterocycles. The smallest absolute Gasteiger partial charge is 0.00114 e. The van der Waals surface area contributed by atoms with Gasteiger partial charge in [0.25, 0.3) is 0 Å². The first-order valence-corrected chi connectivity index (χ1v) is 6.10. The van der Waals surface area contributed by atoms with Crippen LogP contribution in [0.5, 0.6) is 0 Å². The minimum absolute atomic E-state index is 0. The summed E-state index contributed by atoms with van der Waals surface area (Å²) < 4.78 is 0. The van der Waals surface area contributed by atoms with Gasteiger partial charge in [0.1, 0.15) is 0 Å². The number of aryl methyl sites for hydroxylation is 1. The van der Waals surface area contributed by atoms with Gasteiger partial charge < -0.3 is 5.32 Å². The molecule has 0 spiro atoms. The largest absolute Gasteiger partial charge is 0.319 e. The van der Waals surface area contributed by atoms with Gasteiger partial charge in [-0.3, -0.25) is 0 Å². The zero-order valence-electron chi connectivity index (χ0n) is 10.9. The highest BCUT2D eigenvalue weighted by molar-refractivity contribution is 5.85. The molecule has 2 heteroatoms. The second-order valence-electron chi connectivity index (χ2n) is 4.42. The lowest BCUT2D eigenvalue weighted by atomic mass is 10.0. The number of hydrogen-bond acceptors (Lipinski definition) is 1. The molecule has 0 fully saturated rings. The first-order chi connectivity index (χ1) is 8.29. The van der Waals surface area contributed by atoms with Crippen molar-refractivity contribution < 1.29 is 0 Å². The maximum absolute atomic E-state index is 3.18. The zero-order valence-corrected chi connectivity index (χ0v) is 11.8. The summed E-state index contributed by atoms with van der Waals surface area (Å²) in [5.74, 6) is 0. The number of nitrogens with one attached hydrogen (secondary N) is 1. The summed E-state index contributed by atoms with van der Waals surface area (Å²) in [6, 6.07) is 17.5. The Morgan fingerprint density at radius 2 is 1.67 bits per heavy atom. The van der Waals surface area contributed by atoms with E-state index in [0.29, 0.717) is 0 Å². The molecule has 2 rings (SSSR count). The van der Waals surface area contributed by atoms with Crippen molar-refractivity contribution in [2.24, 2.45) is 0 Å². The van der Waals surface area contributed by atoms with E-state index in [2.05, 4.69) is 60.8 Å². The van der Waals surface area contributed by atoms with Gasteiger partial charge in [-0.15, -0.1) is 12.4 Å². The maximum Gasteiger partial charge on any atom is -0.00114 e. The third-order valence-electron chi connectivity index (χ3n) is 2.98. The molecule has 0 saturated carbocycles. The van der Waals surface area contributed by atoms with Crippen LogP contribution < -0.4 is 5.32 Å². The summed E-state index contributed by atoms with van der Waals surface area (Å²) in [6.45, 7) is 3.14. The SMILES string of the molecule is CNCCc1cccc(-c2ccc(C)cc2)c1.Cl. The van der Waals surface area contributed by atoms with E-state index in [1.807, 2.05) is 7.05 Å². The molecule has 2 aromatic carbocycles. The van der Waals surface area contributed by atoms with E-state index >= 15 is 0 Å². The zero-order chi connectivity index (χ0) is 12.1. The third kappa shape index (κ3) is 3.86. The molecule has 18 heavy (non-hydrogen) atoms. The summed E-state index contributed by atoms with van der Waals surface area (Å²) in [5, 5.41) is 3.18. The fraction of sp³-hybridized carbons (Fsp3) is 0.250.